The second-order valence-electron chi connectivity index (χ2n) is 5.05. The van der Waals surface area contributed by atoms with Gasteiger partial charge in [0.25, 0.3) is 5.91 Å². The summed E-state index contributed by atoms with van der Waals surface area (Å²) >= 11 is 6.15. The van der Waals surface area contributed by atoms with Crippen molar-refractivity contribution in [2.75, 3.05) is 23.4 Å². The molecule has 0 bridgehead atoms. The third-order valence-electron chi connectivity index (χ3n) is 3.66. The molecule has 22 heavy (non-hydrogen) atoms. The molecule has 1 N–H and O–H groups in total. The second kappa shape index (κ2) is 6.28. The molecule has 1 amide bonds. The summed E-state index contributed by atoms with van der Waals surface area (Å²) in [7, 11) is 0. The Kier molecular flexibility index (Phi) is 4.20. The lowest BCUT2D eigenvalue weighted by Gasteiger charge is -2.28. The molecule has 0 atom stereocenters. The third kappa shape index (κ3) is 2.88. The predicted molar refractivity (Wildman–Crippen MR) is 88.7 cm³/mol. The Bertz CT molecular complexity index is 703. The number of amides is 1. The molecule has 114 valence electrons. The first-order chi connectivity index (χ1) is 10.7. The van der Waals surface area contributed by atoms with Crippen molar-refractivity contribution in [3.8, 4) is 5.75 Å². The molecule has 5 heteroatoms. The molecule has 1 heterocycles. The van der Waals surface area contributed by atoms with Gasteiger partial charge in [0.15, 0.2) is 6.61 Å². The number of halogens is 1. The van der Waals surface area contributed by atoms with E-state index < -0.39 is 0 Å². The van der Waals surface area contributed by atoms with Crippen LogP contribution in [0.1, 0.15) is 12.5 Å². The van der Waals surface area contributed by atoms with Gasteiger partial charge in [-0.2, -0.15) is 0 Å². The van der Waals surface area contributed by atoms with Crippen molar-refractivity contribution >= 4 is 28.9 Å². The van der Waals surface area contributed by atoms with Crippen molar-refractivity contribution in [1.29, 1.82) is 0 Å². The maximum atomic E-state index is 11.8. The maximum absolute atomic E-state index is 11.8. The molecule has 0 spiro atoms. The minimum Gasteiger partial charge on any atom is -0.481 e. The smallest absolute Gasteiger partial charge is 0.265 e. The highest BCUT2D eigenvalue weighted by Crippen LogP contribution is 2.34. The van der Waals surface area contributed by atoms with E-state index in [1.54, 1.807) is 4.90 Å². The normalized spacial score (nSPS) is 13.5. The number of carbonyl (C=O) groups is 1. The molecule has 0 fully saturated rings. The number of fused-ring (bicyclic) bond motifs is 1. The summed E-state index contributed by atoms with van der Waals surface area (Å²) in [6.07, 6.45) is 0. The Balaban J connectivity index is 1.77. The van der Waals surface area contributed by atoms with Gasteiger partial charge in [0, 0.05) is 29.9 Å². The molecule has 2 aromatic rings. The van der Waals surface area contributed by atoms with Crippen LogP contribution >= 0.6 is 11.6 Å². The molecule has 2 aromatic carbocycles. The highest BCUT2D eigenvalue weighted by molar-refractivity contribution is 6.31. The van der Waals surface area contributed by atoms with E-state index in [1.807, 2.05) is 49.4 Å². The van der Waals surface area contributed by atoms with Gasteiger partial charge in [-0.15, -0.1) is 0 Å². The Morgan fingerprint density at radius 3 is 2.86 bits per heavy atom. The van der Waals surface area contributed by atoms with Crippen molar-refractivity contribution in [2.45, 2.75) is 13.5 Å². The van der Waals surface area contributed by atoms with E-state index in [0.29, 0.717) is 13.1 Å². The van der Waals surface area contributed by atoms with Crippen molar-refractivity contribution in [1.82, 2.24) is 0 Å². The fourth-order valence-electron chi connectivity index (χ4n) is 2.50. The second-order valence-corrected chi connectivity index (χ2v) is 5.46. The van der Waals surface area contributed by atoms with Crippen LogP contribution in [0.2, 0.25) is 5.02 Å². The van der Waals surface area contributed by atoms with Gasteiger partial charge in [-0.25, -0.2) is 0 Å². The standard InChI is InChI=1S/C17H17ClN2O2/c1-2-20-15-8-7-13(9-16(15)22-11-17(20)21)19-10-12-5-3-4-6-14(12)18/h3-9,19H,2,10-11H2,1H3. The third-order valence-corrected chi connectivity index (χ3v) is 4.03. The molecular weight excluding hydrogens is 300 g/mol. The van der Waals surface area contributed by atoms with Gasteiger partial charge in [0.1, 0.15) is 5.75 Å². The maximum Gasteiger partial charge on any atom is 0.265 e. The van der Waals surface area contributed by atoms with Crippen LogP contribution in [0.25, 0.3) is 0 Å². The van der Waals surface area contributed by atoms with Gasteiger partial charge in [0.2, 0.25) is 0 Å². The number of likely N-dealkylation sites (N-methyl/N-ethyl adjacent to an activating group) is 1. The fraction of sp³-hybridized carbons (Fsp3) is 0.235. The first-order valence-electron chi connectivity index (χ1n) is 7.23. The number of nitrogens with zero attached hydrogens (tertiary/aromatic N) is 1. The number of hydrogen-bond acceptors (Lipinski definition) is 3. The van der Waals surface area contributed by atoms with Crippen LogP contribution in [0.15, 0.2) is 42.5 Å². The van der Waals surface area contributed by atoms with Crippen molar-refractivity contribution in [3.05, 3.63) is 53.1 Å². The first-order valence-corrected chi connectivity index (χ1v) is 7.61. The van der Waals surface area contributed by atoms with E-state index in [1.165, 1.54) is 0 Å². The van der Waals surface area contributed by atoms with Gasteiger partial charge in [0.05, 0.1) is 5.69 Å². The van der Waals surface area contributed by atoms with Crippen LogP contribution in [0.5, 0.6) is 5.75 Å². The molecule has 0 saturated heterocycles. The molecular formula is C17H17ClN2O2. The Hall–Kier alpha value is -2.20. The lowest BCUT2D eigenvalue weighted by Crippen LogP contribution is -2.38. The topological polar surface area (TPSA) is 41.6 Å². The van der Waals surface area contributed by atoms with E-state index >= 15 is 0 Å². The van der Waals surface area contributed by atoms with Gasteiger partial charge >= 0.3 is 0 Å². The van der Waals surface area contributed by atoms with Crippen LogP contribution in [0, 0.1) is 0 Å². The van der Waals surface area contributed by atoms with E-state index in [0.717, 1.165) is 27.7 Å². The van der Waals surface area contributed by atoms with Crippen molar-refractivity contribution in [3.63, 3.8) is 0 Å². The zero-order chi connectivity index (χ0) is 15.5. The molecule has 1 aliphatic rings. The number of ether oxygens (including phenoxy) is 1. The molecule has 0 radical (unpaired) electrons. The monoisotopic (exact) mass is 316 g/mol. The summed E-state index contributed by atoms with van der Waals surface area (Å²) in [5, 5.41) is 4.07. The van der Waals surface area contributed by atoms with Crippen molar-refractivity contribution < 1.29 is 9.53 Å². The fourth-order valence-corrected chi connectivity index (χ4v) is 2.70. The summed E-state index contributed by atoms with van der Waals surface area (Å²) in [4.78, 5) is 13.5. The summed E-state index contributed by atoms with van der Waals surface area (Å²) in [6.45, 7) is 3.32. The Labute approximate surface area is 134 Å². The van der Waals surface area contributed by atoms with E-state index in [4.69, 9.17) is 16.3 Å². The number of benzene rings is 2. The van der Waals surface area contributed by atoms with Crippen LogP contribution in [-0.4, -0.2) is 19.1 Å². The minimum atomic E-state index is -0.00761. The van der Waals surface area contributed by atoms with Gasteiger partial charge in [-0.05, 0) is 30.7 Å². The highest BCUT2D eigenvalue weighted by Gasteiger charge is 2.24. The SMILES string of the molecule is CCN1C(=O)COc2cc(NCc3ccccc3Cl)ccc21. The quantitative estimate of drug-likeness (QED) is 0.935. The predicted octanol–water partition coefficient (Wildman–Crippen LogP) is 3.70. The molecule has 0 unspecified atom stereocenters. The number of carbonyl (C=O) groups excluding carboxylic acids is 1. The van der Waals surface area contributed by atoms with Gasteiger partial charge < -0.3 is 15.0 Å². The largest absolute Gasteiger partial charge is 0.481 e. The molecule has 3 rings (SSSR count). The van der Waals surface area contributed by atoms with Crippen LogP contribution in [0.3, 0.4) is 0 Å². The highest BCUT2D eigenvalue weighted by atomic mass is 35.5. The molecule has 0 aromatic heterocycles. The van der Waals surface area contributed by atoms with Crippen LogP contribution in [0.4, 0.5) is 11.4 Å². The Morgan fingerprint density at radius 2 is 2.09 bits per heavy atom. The zero-order valence-corrected chi connectivity index (χ0v) is 13.1. The average Bonchev–Trinajstić information content (AvgIpc) is 2.54. The lowest BCUT2D eigenvalue weighted by molar-refractivity contribution is -0.121. The average molecular weight is 317 g/mol. The van der Waals surface area contributed by atoms with Gasteiger partial charge in [-0.3, -0.25) is 4.79 Å². The number of rotatable bonds is 4. The number of anilines is 2. The van der Waals surface area contributed by atoms with Crippen molar-refractivity contribution in [2.24, 2.45) is 0 Å². The van der Waals surface area contributed by atoms with E-state index in [9.17, 15) is 4.79 Å². The molecule has 0 saturated carbocycles. The summed E-state index contributed by atoms with van der Waals surface area (Å²) in [5.41, 5.74) is 2.79. The number of nitrogens with one attached hydrogen (secondary N) is 1. The zero-order valence-electron chi connectivity index (χ0n) is 12.3. The molecule has 0 aliphatic carbocycles. The Morgan fingerprint density at radius 1 is 1.27 bits per heavy atom. The lowest BCUT2D eigenvalue weighted by atomic mass is 10.2. The van der Waals surface area contributed by atoms with E-state index in [-0.39, 0.29) is 12.5 Å². The molecule has 1 aliphatic heterocycles. The first kappa shape index (κ1) is 14.7. The van der Waals surface area contributed by atoms with Crippen LogP contribution in [-0.2, 0) is 11.3 Å². The number of hydrogen-bond donors (Lipinski definition) is 1. The van der Waals surface area contributed by atoms with Gasteiger partial charge in [-0.1, -0.05) is 29.8 Å². The minimum absolute atomic E-state index is 0.00761. The molecule has 4 nitrogen and oxygen atoms in total. The summed E-state index contributed by atoms with van der Waals surface area (Å²) in [5.74, 6) is 0.720. The van der Waals surface area contributed by atoms with Crippen LogP contribution < -0.4 is 15.0 Å². The summed E-state index contributed by atoms with van der Waals surface area (Å²) < 4.78 is 5.53. The van der Waals surface area contributed by atoms with E-state index in [2.05, 4.69) is 5.32 Å². The summed E-state index contributed by atoms with van der Waals surface area (Å²) in [6, 6.07) is 13.5.